The first-order valence-electron chi connectivity index (χ1n) is 7.55. The highest BCUT2D eigenvalue weighted by Gasteiger charge is 2.43. The summed E-state index contributed by atoms with van der Waals surface area (Å²) < 4.78 is 11.2. The molecule has 0 saturated carbocycles. The van der Waals surface area contributed by atoms with Crippen molar-refractivity contribution in [2.45, 2.75) is 24.5 Å². The number of hydrogen-bond donors (Lipinski definition) is 4. The summed E-state index contributed by atoms with van der Waals surface area (Å²) in [6, 6.07) is 0. The molecule has 140 valence electrons. The third kappa shape index (κ3) is 4.50. The van der Waals surface area contributed by atoms with Crippen molar-refractivity contribution in [1.82, 2.24) is 9.55 Å². The van der Waals surface area contributed by atoms with Crippen LogP contribution in [0.5, 0.6) is 0 Å². The Morgan fingerprint density at radius 2 is 2.19 bits per heavy atom. The highest BCUT2D eigenvalue weighted by atomic mass is 16.6. The van der Waals surface area contributed by atoms with Crippen molar-refractivity contribution >= 4 is 0 Å². The van der Waals surface area contributed by atoms with Crippen molar-refractivity contribution in [3.05, 3.63) is 43.0 Å². The van der Waals surface area contributed by atoms with E-state index in [9.17, 15) is 19.8 Å². The third-order valence-corrected chi connectivity index (χ3v) is 3.56. The Balaban J connectivity index is 2.16. The molecule has 4 atom stereocenters. The SMILES string of the molecule is [N-]=[N+]=NCCOCC#Cc1cn([C@@H]2O[C@H](CO)C(O)C2O)c(=O)[nH]c1=O. The first-order valence-corrected chi connectivity index (χ1v) is 7.55. The maximum absolute atomic E-state index is 12.0. The van der Waals surface area contributed by atoms with Crippen molar-refractivity contribution in [2.75, 3.05) is 26.4 Å². The average molecular weight is 367 g/mol. The molecule has 0 radical (unpaired) electrons. The lowest BCUT2D eigenvalue weighted by atomic mass is 10.1. The molecule has 2 rings (SSSR count). The monoisotopic (exact) mass is 367 g/mol. The molecule has 4 N–H and O–H groups in total. The minimum absolute atomic E-state index is 0.0344. The van der Waals surface area contributed by atoms with Crippen LogP contribution in [-0.2, 0) is 9.47 Å². The predicted octanol–water partition coefficient (Wildman–Crippen LogP) is -2.17. The van der Waals surface area contributed by atoms with Crippen molar-refractivity contribution in [3.63, 3.8) is 0 Å². The van der Waals surface area contributed by atoms with Gasteiger partial charge in [-0.25, -0.2) is 4.79 Å². The molecule has 0 aromatic carbocycles. The molecule has 1 saturated heterocycles. The fourth-order valence-electron chi connectivity index (χ4n) is 2.28. The van der Waals surface area contributed by atoms with E-state index in [0.29, 0.717) is 0 Å². The molecule has 26 heavy (non-hydrogen) atoms. The second kappa shape index (κ2) is 9.16. The van der Waals surface area contributed by atoms with Gasteiger partial charge < -0.3 is 24.8 Å². The van der Waals surface area contributed by atoms with Crippen molar-refractivity contribution < 1.29 is 24.8 Å². The zero-order valence-corrected chi connectivity index (χ0v) is 13.5. The first-order chi connectivity index (χ1) is 12.5. The Kier molecular flexibility index (Phi) is 6.93. The minimum Gasteiger partial charge on any atom is -0.394 e. The lowest BCUT2D eigenvalue weighted by Crippen LogP contribution is -2.38. The fourth-order valence-corrected chi connectivity index (χ4v) is 2.28. The molecular formula is C14H17N5O7. The number of hydrogen-bond acceptors (Lipinski definition) is 8. The van der Waals surface area contributed by atoms with Crippen LogP contribution in [0.15, 0.2) is 20.9 Å². The second-order valence-electron chi connectivity index (χ2n) is 5.25. The minimum atomic E-state index is -1.47. The topological polar surface area (TPSA) is 183 Å². The molecule has 1 aliphatic heterocycles. The van der Waals surface area contributed by atoms with Gasteiger partial charge in [0, 0.05) is 17.7 Å². The Hall–Kier alpha value is -2.65. The Morgan fingerprint density at radius 3 is 2.85 bits per heavy atom. The molecule has 12 heteroatoms. The number of ether oxygens (including phenoxy) is 2. The van der Waals surface area contributed by atoms with Gasteiger partial charge in [-0.05, 0) is 5.53 Å². The molecule has 1 fully saturated rings. The molecule has 0 bridgehead atoms. The maximum Gasteiger partial charge on any atom is 0.330 e. The summed E-state index contributed by atoms with van der Waals surface area (Å²) in [6.07, 6.45) is -4.11. The zero-order valence-electron chi connectivity index (χ0n) is 13.5. The summed E-state index contributed by atoms with van der Waals surface area (Å²) in [4.78, 5) is 28.4. The molecular weight excluding hydrogens is 350 g/mol. The fraction of sp³-hybridized carbons (Fsp3) is 0.571. The van der Waals surface area contributed by atoms with Crippen LogP contribution in [0, 0.1) is 11.8 Å². The number of aromatic amines is 1. The number of aromatic nitrogens is 2. The first kappa shape index (κ1) is 19.7. The lowest BCUT2D eigenvalue weighted by Gasteiger charge is -2.17. The predicted molar refractivity (Wildman–Crippen MR) is 86.0 cm³/mol. The second-order valence-corrected chi connectivity index (χ2v) is 5.25. The van der Waals surface area contributed by atoms with Crippen molar-refractivity contribution in [3.8, 4) is 11.8 Å². The van der Waals surface area contributed by atoms with E-state index in [2.05, 4.69) is 21.9 Å². The van der Waals surface area contributed by atoms with Crippen LogP contribution in [-0.4, -0.2) is 69.5 Å². The van der Waals surface area contributed by atoms with Gasteiger partial charge in [-0.3, -0.25) is 14.3 Å². The van der Waals surface area contributed by atoms with E-state index in [-0.39, 0.29) is 25.3 Å². The van der Waals surface area contributed by atoms with Gasteiger partial charge in [-0.2, -0.15) is 0 Å². The summed E-state index contributed by atoms with van der Waals surface area (Å²) in [5, 5.41) is 32.1. The van der Waals surface area contributed by atoms with Gasteiger partial charge in [-0.1, -0.05) is 17.0 Å². The van der Waals surface area contributed by atoms with Gasteiger partial charge in [0.15, 0.2) is 6.23 Å². The van der Waals surface area contributed by atoms with E-state index < -0.39 is 42.4 Å². The van der Waals surface area contributed by atoms with Crippen LogP contribution in [0.1, 0.15) is 11.8 Å². The van der Waals surface area contributed by atoms with Gasteiger partial charge in [0.25, 0.3) is 5.56 Å². The van der Waals surface area contributed by atoms with E-state index in [1.807, 2.05) is 4.98 Å². The number of rotatable bonds is 6. The van der Waals surface area contributed by atoms with Crippen LogP contribution in [0.25, 0.3) is 10.4 Å². The van der Waals surface area contributed by atoms with E-state index in [1.54, 1.807) is 0 Å². The highest BCUT2D eigenvalue weighted by molar-refractivity contribution is 5.29. The normalized spacial score (nSPS) is 24.6. The molecule has 2 unspecified atom stereocenters. The van der Waals surface area contributed by atoms with Gasteiger partial charge >= 0.3 is 5.69 Å². The standard InChI is InChI=1S/C14H17N5O7/c15-18-16-3-5-25-4-1-2-8-6-19(14(24)17-12(8)23)13-11(22)10(21)9(7-20)26-13/h6,9-11,13,20-22H,3-5,7H2,(H,17,23,24)/t9-,10?,11?,13-/m1/s1. The number of nitrogens with zero attached hydrogens (tertiary/aromatic N) is 4. The van der Waals surface area contributed by atoms with Gasteiger partial charge in [-0.15, -0.1) is 0 Å². The van der Waals surface area contributed by atoms with Crippen LogP contribution in [0.4, 0.5) is 0 Å². The van der Waals surface area contributed by atoms with Crippen LogP contribution in [0.2, 0.25) is 0 Å². The number of H-pyrrole nitrogens is 1. The Morgan fingerprint density at radius 1 is 1.42 bits per heavy atom. The largest absolute Gasteiger partial charge is 0.394 e. The van der Waals surface area contributed by atoms with Crippen molar-refractivity contribution in [2.24, 2.45) is 5.11 Å². The van der Waals surface area contributed by atoms with E-state index in [0.717, 1.165) is 10.8 Å². The van der Waals surface area contributed by atoms with Crippen LogP contribution < -0.4 is 11.2 Å². The number of nitrogens with one attached hydrogen (secondary N) is 1. The van der Waals surface area contributed by atoms with Crippen molar-refractivity contribution in [1.29, 1.82) is 0 Å². The molecule has 2 heterocycles. The van der Waals surface area contributed by atoms with Gasteiger partial charge in [0.1, 0.15) is 30.5 Å². The van der Waals surface area contributed by atoms with E-state index in [4.69, 9.17) is 20.1 Å². The molecule has 1 aliphatic rings. The Bertz CT molecular complexity index is 848. The lowest BCUT2D eigenvalue weighted by molar-refractivity contribution is -0.0550. The number of azide groups is 1. The third-order valence-electron chi connectivity index (χ3n) is 3.56. The summed E-state index contributed by atoms with van der Waals surface area (Å²) >= 11 is 0. The molecule has 12 nitrogen and oxygen atoms in total. The van der Waals surface area contributed by atoms with Gasteiger partial charge in [0.2, 0.25) is 0 Å². The molecule has 0 aliphatic carbocycles. The average Bonchev–Trinajstić information content (AvgIpc) is 2.90. The zero-order chi connectivity index (χ0) is 19.1. The summed E-state index contributed by atoms with van der Waals surface area (Å²) in [5.74, 6) is 5.08. The maximum atomic E-state index is 12.0. The van der Waals surface area contributed by atoms with Crippen LogP contribution in [0.3, 0.4) is 0 Å². The van der Waals surface area contributed by atoms with Gasteiger partial charge in [0.05, 0.1) is 13.2 Å². The van der Waals surface area contributed by atoms with E-state index in [1.165, 1.54) is 0 Å². The number of aliphatic hydroxyl groups excluding tert-OH is 3. The molecule has 1 aromatic heterocycles. The summed E-state index contributed by atoms with van der Waals surface area (Å²) in [6.45, 7) is -0.272. The molecule has 1 aromatic rings. The summed E-state index contributed by atoms with van der Waals surface area (Å²) in [5.41, 5.74) is 6.43. The van der Waals surface area contributed by atoms with E-state index >= 15 is 0 Å². The smallest absolute Gasteiger partial charge is 0.330 e. The highest BCUT2D eigenvalue weighted by Crippen LogP contribution is 2.27. The number of aliphatic hydroxyl groups is 3. The van der Waals surface area contributed by atoms with Crippen LogP contribution >= 0.6 is 0 Å². The Labute approximate surface area is 146 Å². The molecule has 0 amide bonds. The quantitative estimate of drug-likeness (QED) is 0.145. The molecule has 0 spiro atoms. The summed E-state index contributed by atoms with van der Waals surface area (Å²) in [7, 11) is 0.